The van der Waals surface area contributed by atoms with Crippen LogP contribution >= 0.6 is 0 Å². The van der Waals surface area contributed by atoms with Gasteiger partial charge in [-0.25, -0.2) is 4.79 Å². The third-order valence-corrected chi connectivity index (χ3v) is 2.01. The van der Waals surface area contributed by atoms with Gasteiger partial charge in [0.1, 0.15) is 11.3 Å². The standard InChI is InChI=1S/C11H14O3/c1-3-4-8-5-6-9(10(12)7-8)11(13)14-2/h5-7,12H,3-4H2,1-2H3. The summed E-state index contributed by atoms with van der Waals surface area (Å²) >= 11 is 0. The molecular formula is C11H14O3. The van der Waals surface area contributed by atoms with Gasteiger partial charge in [0.2, 0.25) is 0 Å². The van der Waals surface area contributed by atoms with Crippen LogP contribution in [-0.4, -0.2) is 18.2 Å². The first kappa shape index (κ1) is 10.6. The molecule has 0 bridgehead atoms. The van der Waals surface area contributed by atoms with Crippen LogP contribution in [0.1, 0.15) is 29.3 Å². The van der Waals surface area contributed by atoms with E-state index < -0.39 is 5.97 Å². The smallest absolute Gasteiger partial charge is 0.341 e. The lowest BCUT2D eigenvalue weighted by molar-refractivity contribution is 0.0597. The van der Waals surface area contributed by atoms with Crippen molar-refractivity contribution < 1.29 is 14.6 Å². The first-order valence-corrected chi connectivity index (χ1v) is 4.59. The topological polar surface area (TPSA) is 46.5 Å². The molecule has 1 rings (SSSR count). The predicted molar refractivity (Wildman–Crippen MR) is 53.4 cm³/mol. The molecule has 0 atom stereocenters. The fraction of sp³-hybridized carbons (Fsp3) is 0.364. The van der Waals surface area contributed by atoms with E-state index in [-0.39, 0.29) is 11.3 Å². The Hall–Kier alpha value is -1.51. The van der Waals surface area contributed by atoms with Gasteiger partial charge in [0.15, 0.2) is 0 Å². The zero-order chi connectivity index (χ0) is 10.6. The maximum Gasteiger partial charge on any atom is 0.341 e. The van der Waals surface area contributed by atoms with E-state index in [9.17, 15) is 9.90 Å². The van der Waals surface area contributed by atoms with Gasteiger partial charge in [0.05, 0.1) is 7.11 Å². The lowest BCUT2D eigenvalue weighted by atomic mass is 10.1. The number of ether oxygens (including phenoxy) is 1. The van der Waals surface area contributed by atoms with Crippen LogP contribution in [-0.2, 0) is 11.2 Å². The van der Waals surface area contributed by atoms with Gasteiger partial charge in [0, 0.05) is 0 Å². The van der Waals surface area contributed by atoms with E-state index in [0.717, 1.165) is 18.4 Å². The van der Waals surface area contributed by atoms with Crippen LogP contribution in [0.3, 0.4) is 0 Å². The first-order chi connectivity index (χ1) is 6.69. The number of rotatable bonds is 3. The second-order valence-corrected chi connectivity index (χ2v) is 3.09. The first-order valence-electron chi connectivity index (χ1n) is 4.59. The molecule has 0 aliphatic heterocycles. The lowest BCUT2D eigenvalue weighted by Gasteiger charge is -2.04. The summed E-state index contributed by atoms with van der Waals surface area (Å²) in [5, 5.41) is 9.52. The number of methoxy groups -OCH3 is 1. The number of benzene rings is 1. The zero-order valence-electron chi connectivity index (χ0n) is 8.41. The molecule has 0 amide bonds. The molecule has 1 aromatic rings. The molecule has 0 heterocycles. The van der Waals surface area contributed by atoms with Gasteiger partial charge < -0.3 is 9.84 Å². The number of phenols is 1. The van der Waals surface area contributed by atoms with Crippen molar-refractivity contribution in [2.24, 2.45) is 0 Å². The number of carbonyl (C=O) groups is 1. The summed E-state index contributed by atoms with van der Waals surface area (Å²) in [5.74, 6) is -0.520. The Labute approximate surface area is 83.3 Å². The van der Waals surface area contributed by atoms with Crippen molar-refractivity contribution in [1.82, 2.24) is 0 Å². The molecule has 0 aliphatic rings. The van der Waals surface area contributed by atoms with Gasteiger partial charge in [-0.3, -0.25) is 0 Å². The number of hydrogen-bond acceptors (Lipinski definition) is 3. The van der Waals surface area contributed by atoms with Crippen molar-refractivity contribution in [3.05, 3.63) is 29.3 Å². The fourth-order valence-electron chi connectivity index (χ4n) is 1.30. The highest BCUT2D eigenvalue weighted by Gasteiger charge is 2.10. The number of hydrogen-bond donors (Lipinski definition) is 1. The van der Waals surface area contributed by atoms with Crippen molar-refractivity contribution in [3.63, 3.8) is 0 Å². The molecule has 0 radical (unpaired) electrons. The SMILES string of the molecule is CCCc1ccc(C(=O)OC)c(O)c1. The van der Waals surface area contributed by atoms with Crippen LogP contribution < -0.4 is 0 Å². The van der Waals surface area contributed by atoms with E-state index in [4.69, 9.17) is 0 Å². The minimum absolute atomic E-state index is 0.0113. The van der Waals surface area contributed by atoms with Gasteiger partial charge in [-0.05, 0) is 24.1 Å². The summed E-state index contributed by atoms with van der Waals surface area (Å²) in [6.07, 6.45) is 1.91. The summed E-state index contributed by atoms with van der Waals surface area (Å²) in [6.45, 7) is 2.06. The number of esters is 1. The maximum atomic E-state index is 11.1. The molecule has 1 aromatic carbocycles. The van der Waals surface area contributed by atoms with Crippen molar-refractivity contribution in [2.45, 2.75) is 19.8 Å². The molecule has 76 valence electrons. The Bertz CT molecular complexity index is 331. The van der Waals surface area contributed by atoms with E-state index in [0.29, 0.717) is 0 Å². The number of carbonyl (C=O) groups excluding carboxylic acids is 1. The van der Waals surface area contributed by atoms with Crippen molar-refractivity contribution in [2.75, 3.05) is 7.11 Å². The molecule has 0 spiro atoms. The molecule has 3 nitrogen and oxygen atoms in total. The van der Waals surface area contributed by atoms with Crippen LogP contribution in [0.5, 0.6) is 5.75 Å². The third kappa shape index (κ3) is 2.25. The van der Waals surface area contributed by atoms with Crippen LogP contribution in [0.25, 0.3) is 0 Å². The Balaban J connectivity index is 2.95. The molecular weight excluding hydrogens is 180 g/mol. The highest BCUT2D eigenvalue weighted by molar-refractivity contribution is 5.92. The van der Waals surface area contributed by atoms with E-state index in [1.54, 1.807) is 12.1 Å². The monoisotopic (exact) mass is 194 g/mol. The van der Waals surface area contributed by atoms with Crippen LogP contribution in [0, 0.1) is 0 Å². The minimum atomic E-state index is -0.509. The highest BCUT2D eigenvalue weighted by atomic mass is 16.5. The van der Waals surface area contributed by atoms with E-state index in [1.165, 1.54) is 7.11 Å². The minimum Gasteiger partial charge on any atom is -0.507 e. The summed E-state index contributed by atoms with van der Waals surface area (Å²) in [5.41, 5.74) is 1.24. The maximum absolute atomic E-state index is 11.1. The second-order valence-electron chi connectivity index (χ2n) is 3.09. The summed E-state index contributed by atoms with van der Waals surface area (Å²) in [7, 11) is 1.29. The van der Waals surface area contributed by atoms with Crippen molar-refractivity contribution >= 4 is 5.97 Å². The molecule has 0 aromatic heterocycles. The molecule has 0 saturated heterocycles. The molecule has 0 saturated carbocycles. The summed E-state index contributed by atoms with van der Waals surface area (Å²) in [4.78, 5) is 11.1. The van der Waals surface area contributed by atoms with Crippen LogP contribution in [0.15, 0.2) is 18.2 Å². The van der Waals surface area contributed by atoms with Gasteiger partial charge in [-0.2, -0.15) is 0 Å². The zero-order valence-corrected chi connectivity index (χ0v) is 8.41. The van der Waals surface area contributed by atoms with Crippen molar-refractivity contribution in [3.8, 4) is 5.75 Å². The highest BCUT2D eigenvalue weighted by Crippen LogP contribution is 2.20. The van der Waals surface area contributed by atoms with E-state index in [2.05, 4.69) is 11.7 Å². The quantitative estimate of drug-likeness (QED) is 0.750. The Morgan fingerprint density at radius 3 is 2.71 bits per heavy atom. The van der Waals surface area contributed by atoms with Gasteiger partial charge >= 0.3 is 5.97 Å². The molecule has 3 heteroatoms. The Morgan fingerprint density at radius 1 is 1.50 bits per heavy atom. The Kier molecular flexibility index (Phi) is 3.51. The Morgan fingerprint density at radius 2 is 2.21 bits per heavy atom. The fourth-order valence-corrected chi connectivity index (χ4v) is 1.30. The molecule has 0 aliphatic carbocycles. The average Bonchev–Trinajstić information content (AvgIpc) is 2.17. The molecule has 0 fully saturated rings. The normalized spacial score (nSPS) is 9.86. The molecule has 1 N–H and O–H groups in total. The predicted octanol–water partition coefficient (Wildman–Crippen LogP) is 2.13. The largest absolute Gasteiger partial charge is 0.507 e. The summed E-state index contributed by atoms with van der Waals surface area (Å²) < 4.78 is 4.52. The number of phenolic OH excluding ortho intramolecular Hbond substituents is 1. The van der Waals surface area contributed by atoms with Gasteiger partial charge in [0.25, 0.3) is 0 Å². The van der Waals surface area contributed by atoms with E-state index in [1.807, 2.05) is 6.07 Å². The van der Waals surface area contributed by atoms with Crippen LogP contribution in [0.4, 0.5) is 0 Å². The number of aromatic hydroxyl groups is 1. The molecule has 14 heavy (non-hydrogen) atoms. The summed E-state index contributed by atoms with van der Waals surface area (Å²) in [6, 6.07) is 5.03. The van der Waals surface area contributed by atoms with E-state index >= 15 is 0 Å². The number of aryl methyl sites for hydroxylation is 1. The lowest BCUT2D eigenvalue weighted by Crippen LogP contribution is -2.01. The van der Waals surface area contributed by atoms with Gasteiger partial charge in [-0.15, -0.1) is 0 Å². The third-order valence-electron chi connectivity index (χ3n) is 2.01. The van der Waals surface area contributed by atoms with Crippen molar-refractivity contribution in [1.29, 1.82) is 0 Å². The second kappa shape index (κ2) is 4.65. The van der Waals surface area contributed by atoms with Gasteiger partial charge in [-0.1, -0.05) is 19.4 Å². The van der Waals surface area contributed by atoms with Crippen LogP contribution in [0.2, 0.25) is 0 Å². The average molecular weight is 194 g/mol. The molecule has 0 unspecified atom stereocenters.